The third-order valence-electron chi connectivity index (χ3n) is 10.2. The molecule has 9 nitrogen and oxygen atoms in total. The van der Waals surface area contributed by atoms with Crippen LogP contribution in [0.25, 0.3) is 0 Å². The Morgan fingerprint density at radius 2 is 1.93 bits per heavy atom. The summed E-state index contributed by atoms with van der Waals surface area (Å²) in [6.07, 6.45) is 5.05. The number of amides is 1. The van der Waals surface area contributed by atoms with Crippen LogP contribution >= 0.6 is 11.6 Å². The average Bonchev–Trinajstić information content (AvgIpc) is 3.68. The maximum absolute atomic E-state index is 14.0. The molecule has 3 heterocycles. The summed E-state index contributed by atoms with van der Waals surface area (Å²) in [4.78, 5) is 31.0. The summed E-state index contributed by atoms with van der Waals surface area (Å²) >= 11 is 6.77. The number of fused-ring (bicyclic) bond motifs is 5. The minimum atomic E-state index is -1.30. The van der Waals surface area contributed by atoms with Crippen LogP contribution in [-0.2, 0) is 30.2 Å². The zero-order valence-electron chi connectivity index (χ0n) is 29.0. The maximum atomic E-state index is 14.0. The summed E-state index contributed by atoms with van der Waals surface area (Å²) in [5, 5.41) is 15.3. The molecular weight excluding hydrogens is 606 g/mol. The van der Waals surface area contributed by atoms with Crippen molar-refractivity contribution in [2.45, 2.75) is 116 Å². The third kappa shape index (κ3) is 7.48. The molecule has 0 radical (unpaired) electrons. The van der Waals surface area contributed by atoms with Gasteiger partial charge in [0.25, 0.3) is 0 Å². The smallest absolute Gasteiger partial charge is 0.323 e. The molecule has 4 bridgehead atoms. The lowest BCUT2D eigenvalue weighted by Gasteiger charge is -2.44. The quantitative estimate of drug-likeness (QED) is 0.316. The minimum absolute atomic E-state index is 0.108. The maximum Gasteiger partial charge on any atom is 0.323 e. The van der Waals surface area contributed by atoms with Crippen LogP contribution in [0.3, 0.4) is 0 Å². The highest BCUT2D eigenvalue weighted by Gasteiger charge is 2.64. The van der Waals surface area contributed by atoms with Crippen LogP contribution in [0, 0.1) is 18.8 Å². The summed E-state index contributed by atoms with van der Waals surface area (Å²) in [5.41, 5.74) is 1.29. The Balaban J connectivity index is 1.76. The number of allylic oxidation sites excluding steroid dienone is 3. The number of carbonyl (C=O) groups excluding carboxylic acids is 2. The Bertz CT molecular complexity index is 1410. The topological polar surface area (TPSA) is 104 Å². The third-order valence-corrected chi connectivity index (χ3v) is 10.7. The number of carbonyl (C=O) groups is 2. The van der Waals surface area contributed by atoms with E-state index in [1.54, 1.807) is 18.9 Å². The van der Waals surface area contributed by atoms with E-state index in [-0.39, 0.29) is 42.5 Å². The van der Waals surface area contributed by atoms with E-state index < -0.39 is 41.6 Å². The number of rotatable bonds is 4. The molecule has 46 heavy (non-hydrogen) atoms. The van der Waals surface area contributed by atoms with Gasteiger partial charge in [-0.3, -0.25) is 14.5 Å². The summed E-state index contributed by atoms with van der Waals surface area (Å²) in [6, 6.07) is 3.54. The number of esters is 1. The van der Waals surface area contributed by atoms with Gasteiger partial charge in [0.15, 0.2) is 5.88 Å². The lowest BCUT2D eigenvalue weighted by atomic mass is 9.82. The Kier molecular flexibility index (Phi) is 10.7. The first-order chi connectivity index (χ1) is 21.4. The van der Waals surface area contributed by atoms with E-state index in [4.69, 9.17) is 25.8 Å². The number of halogens is 1. The first kappa shape index (κ1) is 36.0. The number of anilines is 1. The largest absolute Gasteiger partial charge is 0.476 e. The van der Waals surface area contributed by atoms with Gasteiger partial charge in [-0.25, -0.2) is 0 Å². The molecule has 1 aromatic rings. The number of hydrogen-bond donors (Lipinski definition) is 2. The fourth-order valence-electron chi connectivity index (χ4n) is 6.51. The molecule has 7 unspecified atom stereocenters. The van der Waals surface area contributed by atoms with Crippen molar-refractivity contribution in [1.29, 1.82) is 0 Å². The lowest BCUT2D eigenvalue weighted by Crippen LogP contribution is -2.57. The summed E-state index contributed by atoms with van der Waals surface area (Å²) in [6.45, 7) is 19.6. The summed E-state index contributed by atoms with van der Waals surface area (Å²) in [7, 11) is 3.57. The van der Waals surface area contributed by atoms with E-state index in [2.05, 4.69) is 11.9 Å². The predicted molar refractivity (Wildman–Crippen MR) is 181 cm³/mol. The number of aliphatic hydroxyl groups is 1. The first-order valence-corrected chi connectivity index (χ1v) is 16.6. The molecule has 10 heteroatoms. The van der Waals surface area contributed by atoms with Gasteiger partial charge in [0, 0.05) is 31.3 Å². The molecule has 2 saturated heterocycles. The van der Waals surface area contributed by atoms with Gasteiger partial charge in [-0.2, -0.15) is 0 Å². The zero-order chi connectivity index (χ0) is 34.3. The molecule has 0 aliphatic carbocycles. The highest BCUT2D eigenvalue weighted by Crippen LogP contribution is 2.49. The second-order valence-corrected chi connectivity index (χ2v) is 14.4. The van der Waals surface area contributed by atoms with E-state index in [0.717, 1.165) is 16.7 Å². The molecular formula is C36H52ClN3O6. The van der Waals surface area contributed by atoms with Crippen LogP contribution in [0.5, 0.6) is 0 Å². The average molecular weight is 658 g/mol. The van der Waals surface area contributed by atoms with Gasteiger partial charge in [0.05, 0.1) is 23.2 Å². The van der Waals surface area contributed by atoms with Gasteiger partial charge < -0.3 is 29.5 Å². The fraction of sp³-hybridized carbons (Fsp3) is 0.611. The van der Waals surface area contributed by atoms with E-state index in [1.807, 2.05) is 90.8 Å². The van der Waals surface area contributed by atoms with Gasteiger partial charge in [0.1, 0.15) is 29.6 Å². The van der Waals surface area contributed by atoms with Crippen LogP contribution in [0.1, 0.15) is 72.4 Å². The number of benzene rings is 1. The molecule has 0 spiro atoms. The van der Waals surface area contributed by atoms with Gasteiger partial charge in [0.2, 0.25) is 5.91 Å². The molecule has 4 rings (SSSR count). The van der Waals surface area contributed by atoms with Crippen LogP contribution < -0.4 is 10.2 Å². The van der Waals surface area contributed by atoms with Crippen molar-refractivity contribution < 1.29 is 28.9 Å². The Morgan fingerprint density at radius 3 is 2.59 bits per heavy atom. The molecule has 254 valence electrons. The van der Waals surface area contributed by atoms with Crippen molar-refractivity contribution in [3.05, 3.63) is 64.5 Å². The first-order valence-electron chi connectivity index (χ1n) is 16.2. The van der Waals surface area contributed by atoms with Crippen LogP contribution in [0.2, 0.25) is 5.02 Å². The Labute approximate surface area is 279 Å². The molecule has 2 N–H and O–H groups in total. The van der Waals surface area contributed by atoms with Crippen molar-refractivity contribution in [2.24, 2.45) is 11.8 Å². The Hall–Kier alpha value is -2.85. The van der Waals surface area contributed by atoms with Gasteiger partial charge >= 0.3 is 5.97 Å². The Morgan fingerprint density at radius 1 is 1.26 bits per heavy atom. The van der Waals surface area contributed by atoms with E-state index in [0.29, 0.717) is 17.1 Å². The van der Waals surface area contributed by atoms with Crippen LogP contribution in [0.4, 0.5) is 5.69 Å². The van der Waals surface area contributed by atoms with E-state index >= 15 is 0 Å². The van der Waals surface area contributed by atoms with E-state index in [9.17, 15) is 14.7 Å². The number of likely N-dealkylation sites (N-methyl/N-ethyl adjacent to an activating group) is 1. The summed E-state index contributed by atoms with van der Waals surface area (Å²) < 4.78 is 18.6. The number of epoxide rings is 1. The lowest BCUT2D eigenvalue weighted by molar-refractivity contribution is -0.159. The molecule has 1 aromatic carbocycles. The predicted octanol–water partition coefficient (Wildman–Crippen LogP) is 5.67. The van der Waals surface area contributed by atoms with Crippen molar-refractivity contribution in [2.75, 3.05) is 19.0 Å². The zero-order valence-corrected chi connectivity index (χ0v) is 29.8. The minimum Gasteiger partial charge on any atom is -0.476 e. The van der Waals surface area contributed by atoms with Gasteiger partial charge in [-0.15, -0.1) is 0 Å². The van der Waals surface area contributed by atoms with Crippen molar-refractivity contribution in [3.8, 4) is 0 Å². The van der Waals surface area contributed by atoms with Crippen LogP contribution in [-0.4, -0.2) is 77.7 Å². The molecule has 3 aliphatic heterocycles. The second kappa shape index (κ2) is 13.7. The normalized spacial score (nSPS) is 34.6. The van der Waals surface area contributed by atoms with Gasteiger partial charge in [-0.05, 0) is 78.8 Å². The molecule has 8 atom stereocenters. The summed E-state index contributed by atoms with van der Waals surface area (Å²) in [5.74, 6) is -0.911. The number of hydrogen-bond acceptors (Lipinski definition) is 8. The highest BCUT2D eigenvalue weighted by molar-refractivity contribution is 6.34. The molecule has 0 saturated carbocycles. The van der Waals surface area contributed by atoms with Gasteiger partial charge in [-0.1, -0.05) is 55.3 Å². The number of nitrogens with one attached hydrogen (secondary N) is 1. The molecule has 1 amide bonds. The SMILES string of the molecule is C=C1NC2(O)CC(O1)C(C)C1OC1(C)C(OC(=O)[C@H](C)N(C)C(C)C)CC(=O)N(C)c1cc(cc(C)c1Cl)C/C(C)=C/C=C/C2C. The molecule has 3 aliphatic rings. The van der Waals surface area contributed by atoms with Crippen LogP contribution in [0.15, 0.2) is 48.4 Å². The number of nitrogens with zero attached hydrogens (tertiary/aromatic N) is 2. The molecule has 2 fully saturated rings. The second-order valence-electron chi connectivity index (χ2n) is 14.0. The van der Waals surface area contributed by atoms with Crippen molar-refractivity contribution >= 4 is 29.2 Å². The molecule has 0 aromatic heterocycles. The fourth-order valence-corrected chi connectivity index (χ4v) is 6.74. The number of ether oxygens (including phenoxy) is 3. The van der Waals surface area contributed by atoms with Crippen molar-refractivity contribution in [3.63, 3.8) is 0 Å². The monoisotopic (exact) mass is 657 g/mol. The highest BCUT2D eigenvalue weighted by atomic mass is 35.5. The number of aryl methyl sites for hydroxylation is 1. The van der Waals surface area contributed by atoms with E-state index in [1.165, 1.54) is 0 Å². The standard InChI is InChI=1S/C36H52ClN3O6/c1-20(2)39(10)25(7)34(42)45-30-18-31(41)40(11)28-17-27(16-22(4)32(28)37)15-21(3)13-12-14-23(5)36(43)19-29(44-26(8)38-36)24(6)33-35(30,9)46-33/h12-14,16-17,20,23-25,29-30,33,38,43H,8,15,18-19H2,1-7,9-11H3/b14-12+,21-13+/t23?,24?,25-,29?,30?,33?,35?,36?/m0/s1. The van der Waals surface area contributed by atoms with Crippen molar-refractivity contribution in [1.82, 2.24) is 10.2 Å².